The highest BCUT2D eigenvalue weighted by Gasteiger charge is 2.08. The van der Waals surface area contributed by atoms with E-state index in [1.165, 1.54) is 0 Å². The minimum absolute atomic E-state index is 0.148. The molecule has 8 nitrogen and oxygen atoms in total. The number of hydrogen-bond donors (Lipinski definition) is 3. The fourth-order valence-electron chi connectivity index (χ4n) is 1.60. The monoisotopic (exact) mass is 295 g/mol. The van der Waals surface area contributed by atoms with Crippen LogP contribution in [0.1, 0.15) is 37.6 Å². The van der Waals surface area contributed by atoms with Crippen LogP contribution in [-0.2, 0) is 4.79 Å². The summed E-state index contributed by atoms with van der Waals surface area (Å²) in [6, 6.07) is -0.398. The first-order chi connectivity index (χ1) is 9.88. The second kappa shape index (κ2) is 8.13. The predicted octanol–water partition coefficient (Wildman–Crippen LogP) is 1.50. The number of aliphatic carboxylic acids is 1. The summed E-state index contributed by atoms with van der Waals surface area (Å²) in [6.07, 6.45) is 1.46. The van der Waals surface area contributed by atoms with E-state index < -0.39 is 12.0 Å². The SMILES string of the molecule is Cc1nnc(NC(=O)NCCC(C)CCC(=O)O)nc1C. The van der Waals surface area contributed by atoms with Crippen LogP contribution in [0.15, 0.2) is 0 Å². The van der Waals surface area contributed by atoms with Gasteiger partial charge in [-0.3, -0.25) is 10.1 Å². The molecule has 0 saturated carbocycles. The van der Waals surface area contributed by atoms with Crippen molar-refractivity contribution in [1.29, 1.82) is 0 Å². The number of aryl methyl sites for hydroxylation is 2. The molecule has 2 amide bonds. The largest absolute Gasteiger partial charge is 0.481 e. The lowest BCUT2D eigenvalue weighted by molar-refractivity contribution is -0.137. The van der Waals surface area contributed by atoms with E-state index in [9.17, 15) is 9.59 Å². The number of amides is 2. The number of nitrogens with one attached hydrogen (secondary N) is 2. The Morgan fingerprint density at radius 1 is 1.19 bits per heavy atom. The quantitative estimate of drug-likeness (QED) is 0.701. The zero-order chi connectivity index (χ0) is 15.8. The van der Waals surface area contributed by atoms with Gasteiger partial charge in [-0.1, -0.05) is 6.92 Å². The summed E-state index contributed by atoms with van der Waals surface area (Å²) in [4.78, 5) is 26.2. The molecule has 1 aromatic rings. The maximum Gasteiger partial charge on any atom is 0.321 e. The third kappa shape index (κ3) is 6.64. The molecule has 0 aliphatic carbocycles. The summed E-state index contributed by atoms with van der Waals surface area (Å²) in [5.41, 5.74) is 1.43. The molecule has 1 rings (SSSR count). The number of aromatic nitrogens is 3. The van der Waals surface area contributed by atoms with Crippen LogP contribution in [0, 0.1) is 19.8 Å². The number of carbonyl (C=O) groups is 2. The minimum atomic E-state index is -0.799. The fourth-order valence-corrected chi connectivity index (χ4v) is 1.60. The van der Waals surface area contributed by atoms with Crippen molar-refractivity contribution in [3.63, 3.8) is 0 Å². The molecule has 1 aromatic heterocycles. The highest BCUT2D eigenvalue weighted by atomic mass is 16.4. The first-order valence-corrected chi connectivity index (χ1v) is 6.83. The van der Waals surface area contributed by atoms with Gasteiger partial charge in [-0.25, -0.2) is 9.78 Å². The maximum atomic E-state index is 11.6. The lowest BCUT2D eigenvalue weighted by Gasteiger charge is -2.11. The molecule has 0 aliphatic rings. The predicted molar refractivity (Wildman–Crippen MR) is 77.0 cm³/mol. The van der Waals surface area contributed by atoms with Gasteiger partial charge in [-0.2, -0.15) is 5.10 Å². The number of hydrogen-bond acceptors (Lipinski definition) is 5. The summed E-state index contributed by atoms with van der Waals surface area (Å²) < 4.78 is 0. The Morgan fingerprint density at radius 3 is 2.52 bits per heavy atom. The van der Waals surface area contributed by atoms with E-state index in [2.05, 4.69) is 25.8 Å². The molecule has 116 valence electrons. The zero-order valence-corrected chi connectivity index (χ0v) is 12.5. The van der Waals surface area contributed by atoms with Crippen molar-refractivity contribution in [2.45, 2.75) is 40.0 Å². The highest BCUT2D eigenvalue weighted by Crippen LogP contribution is 2.09. The number of nitrogens with zero attached hydrogens (tertiary/aromatic N) is 3. The van der Waals surface area contributed by atoms with Gasteiger partial charge in [-0.15, -0.1) is 5.10 Å². The number of carboxylic acids is 1. The summed E-state index contributed by atoms with van der Waals surface area (Å²) in [5, 5.41) is 21.4. The molecule has 0 fully saturated rings. The van der Waals surface area contributed by atoms with E-state index in [0.717, 1.165) is 0 Å². The normalized spacial score (nSPS) is 11.8. The highest BCUT2D eigenvalue weighted by molar-refractivity contribution is 5.87. The van der Waals surface area contributed by atoms with Gasteiger partial charge in [-0.05, 0) is 32.6 Å². The van der Waals surface area contributed by atoms with Crippen LogP contribution >= 0.6 is 0 Å². The molecule has 1 unspecified atom stereocenters. The fraction of sp³-hybridized carbons (Fsp3) is 0.615. The number of carbonyl (C=O) groups excluding carboxylic acids is 1. The van der Waals surface area contributed by atoms with Crippen LogP contribution in [0.3, 0.4) is 0 Å². The van der Waals surface area contributed by atoms with Gasteiger partial charge >= 0.3 is 12.0 Å². The summed E-state index contributed by atoms with van der Waals surface area (Å²) in [5.74, 6) is -0.401. The average molecular weight is 295 g/mol. The zero-order valence-electron chi connectivity index (χ0n) is 12.5. The van der Waals surface area contributed by atoms with Gasteiger partial charge in [0.15, 0.2) is 0 Å². The van der Waals surface area contributed by atoms with Gasteiger partial charge in [0.05, 0.1) is 11.4 Å². The number of urea groups is 1. The van der Waals surface area contributed by atoms with E-state index >= 15 is 0 Å². The molecule has 21 heavy (non-hydrogen) atoms. The summed E-state index contributed by atoms with van der Waals surface area (Å²) in [7, 11) is 0. The van der Waals surface area contributed by atoms with Crippen molar-refractivity contribution in [2.24, 2.45) is 5.92 Å². The molecule has 0 bridgehead atoms. The lowest BCUT2D eigenvalue weighted by Crippen LogP contribution is -2.31. The minimum Gasteiger partial charge on any atom is -0.481 e. The van der Waals surface area contributed by atoms with Crippen molar-refractivity contribution >= 4 is 17.9 Å². The Labute approximate surface area is 123 Å². The molecule has 0 radical (unpaired) electrons. The van der Waals surface area contributed by atoms with Gasteiger partial charge in [0.1, 0.15) is 0 Å². The lowest BCUT2D eigenvalue weighted by atomic mass is 10.0. The van der Waals surface area contributed by atoms with Crippen LogP contribution < -0.4 is 10.6 Å². The van der Waals surface area contributed by atoms with Crippen molar-refractivity contribution in [1.82, 2.24) is 20.5 Å². The van der Waals surface area contributed by atoms with E-state index in [1.54, 1.807) is 13.8 Å². The van der Waals surface area contributed by atoms with Gasteiger partial charge in [0.2, 0.25) is 0 Å². The molecule has 0 aromatic carbocycles. The third-order valence-corrected chi connectivity index (χ3v) is 3.09. The molecule has 3 N–H and O–H groups in total. The Balaban J connectivity index is 2.27. The second-order valence-corrected chi connectivity index (χ2v) is 5.01. The van der Waals surface area contributed by atoms with Crippen molar-refractivity contribution in [2.75, 3.05) is 11.9 Å². The molecule has 8 heteroatoms. The van der Waals surface area contributed by atoms with Crippen LogP contribution in [0.5, 0.6) is 0 Å². The van der Waals surface area contributed by atoms with Crippen molar-refractivity contribution < 1.29 is 14.7 Å². The molecule has 1 heterocycles. The van der Waals surface area contributed by atoms with Crippen LogP contribution in [0.25, 0.3) is 0 Å². The van der Waals surface area contributed by atoms with E-state index in [-0.39, 0.29) is 18.3 Å². The van der Waals surface area contributed by atoms with Crippen LogP contribution in [0.2, 0.25) is 0 Å². The first-order valence-electron chi connectivity index (χ1n) is 6.83. The Hall–Kier alpha value is -2.25. The number of anilines is 1. The van der Waals surface area contributed by atoms with E-state index in [4.69, 9.17) is 5.11 Å². The standard InChI is InChI=1S/C13H21N5O3/c1-8(4-5-11(19)20)6-7-14-13(21)16-12-15-9(2)10(3)17-18-12/h8H,4-7H2,1-3H3,(H,19,20)(H2,14,15,16,18,21). The van der Waals surface area contributed by atoms with Crippen LogP contribution in [0.4, 0.5) is 10.7 Å². The molecule has 0 saturated heterocycles. The third-order valence-electron chi connectivity index (χ3n) is 3.09. The summed E-state index contributed by atoms with van der Waals surface area (Å²) in [6.45, 7) is 6.00. The Bertz CT molecular complexity index is 507. The van der Waals surface area contributed by atoms with Crippen molar-refractivity contribution in [3.8, 4) is 0 Å². The molecular formula is C13H21N5O3. The first kappa shape index (κ1) is 16.8. The van der Waals surface area contributed by atoms with Gasteiger partial charge in [0, 0.05) is 13.0 Å². The molecule has 0 aliphatic heterocycles. The van der Waals surface area contributed by atoms with E-state index in [1.807, 2.05) is 6.92 Å². The molecular weight excluding hydrogens is 274 g/mol. The van der Waals surface area contributed by atoms with Crippen LogP contribution in [-0.4, -0.2) is 38.8 Å². The van der Waals surface area contributed by atoms with Gasteiger partial charge < -0.3 is 10.4 Å². The molecule has 0 spiro atoms. The molecule has 1 atom stereocenters. The maximum absolute atomic E-state index is 11.6. The topological polar surface area (TPSA) is 117 Å². The number of rotatable bonds is 7. The number of carboxylic acid groups (broad SMARTS) is 1. The Morgan fingerprint density at radius 2 is 1.90 bits per heavy atom. The second-order valence-electron chi connectivity index (χ2n) is 5.01. The average Bonchev–Trinajstić information content (AvgIpc) is 2.40. The van der Waals surface area contributed by atoms with Crippen molar-refractivity contribution in [3.05, 3.63) is 11.4 Å². The smallest absolute Gasteiger partial charge is 0.321 e. The van der Waals surface area contributed by atoms with Gasteiger partial charge in [0.25, 0.3) is 5.95 Å². The van der Waals surface area contributed by atoms with E-state index in [0.29, 0.717) is 30.8 Å². The summed E-state index contributed by atoms with van der Waals surface area (Å²) >= 11 is 0. The Kier molecular flexibility index (Phi) is 6.51.